The fourth-order valence-corrected chi connectivity index (χ4v) is 3.15. The van der Waals surface area contributed by atoms with Crippen LogP contribution in [0.5, 0.6) is 5.75 Å². The lowest BCUT2D eigenvalue weighted by Crippen LogP contribution is -2.11. The summed E-state index contributed by atoms with van der Waals surface area (Å²) in [5.74, 6) is 0.291. The smallest absolute Gasteiger partial charge is 0.202 e. The number of fused-ring (bicyclic) bond motifs is 1. The number of carbonyl (C=O) groups is 1. The second-order valence-corrected chi connectivity index (χ2v) is 6.30. The molecule has 0 N–H and O–H groups in total. The van der Waals surface area contributed by atoms with Gasteiger partial charge in [-0.2, -0.15) is 0 Å². The van der Waals surface area contributed by atoms with Crippen molar-refractivity contribution in [3.05, 3.63) is 102 Å². The topological polar surface area (TPSA) is 31.2 Å². The SMILES string of the molecule is O=C(COc1ccccc1)c1cn(Cc2ccccc2F)c2ccccc12. The number of rotatable bonds is 6. The van der Waals surface area contributed by atoms with Gasteiger partial charge in [0.25, 0.3) is 0 Å². The van der Waals surface area contributed by atoms with Gasteiger partial charge in [-0.05, 0) is 24.3 Å². The highest BCUT2D eigenvalue weighted by Gasteiger charge is 2.16. The monoisotopic (exact) mass is 359 g/mol. The number of halogens is 1. The summed E-state index contributed by atoms with van der Waals surface area (Å²) in [7, 11) is 0. The van der Waals surface area contributed by atoms with Crippen LogP contribution in [0.25, 0.3) is 10.9 Å². The van der Waals surface area contributed by atoms with Crippen LogP contribution < -0.4 is 4.74 Å². The van der Waals surface area contributed by atoms with Gasteiger partial charge < -0.3 is 9.30 Å². The van der Waals surface area contributed by atoms with Gasteiger partial charge in [0.2, 0.25) is 5.78 Å². The Morgan fingerprint density at radius 1 is 0.889 bits per heavy atom. The van der Waals surface area contributed by atoms with E-state index in [1.807, 2.05) is 65.2 Å². The number of hydrogen-bond donors (Lipinski definition) is 0. The Kier molecular flexibility index (Phi) is 4.71. The van der Waals surface area contributed by atoms with Crippen LogP contribution in [0.3, 0.4) is 0 Å². The minimum absolute atomic E-state index is 0.0439. The van der Waals surface area contributed by atoms with Crippen LogP contribution in [-0.4, -0.2) is 17.0 Å². The molecule has 0 unspecified atom stereocenters. The highest BCUT2D eigenvalue weighted by molar-refractivity contribution is 6.08. The first-order valence-corrected chi connectivity index (χ1v) is 8.75. The van der Waals surface area contributed by atoms with Crippen molar-refractivity contribution in [3.63, 3.8) is 0 Å². The van der Waals surface area contributed by atoms with Crippen molar-refractivity contribution in [3.8, 4) is 5.75 Å². The molecule has 0 atom stereocenters. The van der Waals surface area contributed by atoms with E-state index in [1.165, 1.54) is 6.07 Å². The average molecular weight is 359 g/mol. The zero-order valence-electron chi connectivity index (χ0n) is 14.6. The van der Waals surface area contributed by atoms with Gasteiger partial charge in [-0.25, -0.2) is 4.39 Å². The van der Waals surface area contributed by atoms with Crippen LogP contribution in [0.1, 0.15) is 15.9 Å². The number of nitrogens with zero attached hydrogens (tertiary/aromatic N) is 1. The molecule has 0 aliphatic heterocycles. The van der Waals surface area contributed by atoms with Crippen molar-refractivity contribution < 1.29 is 13.9 Å². The van der Waals surface area contributed by atoms with Crippen molar-refractivity contribution in [2.24, 2.45) is 0 Å². The van der Waals surface area contributed by atoms with Crippen molar-refractivity contribution in [2.45, 2.75) is 6.54 Å². The fraction of sp³-hybridized carbons (Fsp3) is 0.0870. The molecule has 0 amide bonds. The van der Waals surface area contributed by atoms with Crippen molar-refractivity contribution >= 4 is 16.7 Å². The molecular weight excluding hydrogens is 341 g/mol. The molecule has 4 aromatic rings. The summed E-state index contributed by atoms with van der Waals surface area (Å²) in [6.07, 6.45) is 1.79. The van der Waals surface area contributed by atoms with Crippen LogP contribution >= 0.6 is 0 Å². The molecular formula is C23H18FNO2. The van der Waals surface area contributed by atoms with Gasteiger partial charge in [0.1, 0.15) is 11.6 Å². The molecule has 0 saturated heterocycles. The molecule has 134 valence electrons. The van der Waals surface area contributed by atoms with E-state index in [1.54, 1.807) is 18.3 Å². The van der Waals surface area contributed by atoms with Crippen LogP contribution in [-0.2, 0) is 6.54 Å². The van der Waals surface area contributed by atoms with Gasteiger partial charge in [0, 0.05) is 28.2 Å². The maximum Gasteiger partial charge on any atom is 0.202 e. The summed E-state index contributed by atoms with van der Waals surface area (Å²) in [5, 5.41) is 0.843. The van der Waals surface area contributed by atoms with Crippen molar-refractivity contribution in [2.75, 3.05) is 6.61 Å². The Balaban J connectivity index is 1.63. The first-order chi connectivity index (χ1) is 13.2. The first-order valence-electron chi connectivity index (χ1n) is 8.75. The molecule has 0 radical (unpaired) electrons. The van der Waals surface area contributed by atoms with Gasteiger partial charge >= 0.3 is 0 Å². The van der Waals surface area contributed by atoms with Crippen LogP contribution in [0.4, 0.5) is 4.39 Å². The van der Waals surface area contributed by atoms with E-state index in [2.05, 4.69) is 0 Å². The standard InChI is InChI=1S/C23H18FNO2/c24-21-12-6-4-8-17(21)14-25-15-20(19-11-5-7-13-22(19)25)23(26)16-27-18-9-2-1-3-10-18/h1-13,15H,14,16H2. The quantitative estimate of drug-likeness (QED) is 0.449. The molecule has 0 bridgehead atoms. The van der Waals surface area contributed by atoms with E-state index in [-0.39, 0.29) is 18.2 Å². The lowest BCUT2D eigenvalue weighted by atomic mass is 10.1. The fourth-order valence-electron chi connectivity index (χ4n) is 3.15. The van der Waals surface area contributed by atoms with Crippen LogP contribution in [0.15, 0.2) is 85.1 Å². The minimum Gasteiger partial charge on any atom is -0.485 e. The van der Waals surface area contributed by atoms with Gasteiger partial charge in [0.05, 0.1) is 6.54 Å². The van der Waals surface area contributed by atoms with Crippen molar-refractivity contribution in [1.82, 2.24) is 4.57 Å². The normalized spacial score (nSPS) is 10.9. The molecule has 0 aliphatic rings. The van der Waals surface area contributed by atoms with Gasteiger partial charge in [-0.3, -0.25) is 4.79 Å². The molecule has 0 fully saturated rings. The molecule has 3 aromatic carbocycles. The van der Waals surface area contributed by atoms with Gasteiger partial charge in [0.15, 0.2) is 6.61 Å². The molecule has 27 heavy (non-hydrogen) atoms. The predicted octanol–water partition coefficient (Wildman–Crippen LogP) is 5.09. The lowest BCUT2D eigenvalue weighted by molar-refractivity contribution is 0.0923. The van der Waals surface area contributed by atoms with E-state index < -0.39 is 0 Å². The highest BCUT2D eigenvalue weighted by Crippen LogP contribution is 2.24. The molecule has 3 nitrogen and oxygen atoms in total. The van der Waals surface area contributed by atoms with Gasteiger partial charge in [-0.1, -0.05) is 54.6 Å². The number of hydrogen-bond acceptors (Lipinski definition) is 2. The van der Waals surface area contributed by atoms with Crippen LogP contribution in [0, 0.1) is 5.82 Å². The van der Waals surface area contributed by atoms with Gasteiger partial charge in [-0.15, -0.1) is 0 Å². The van der Waals surface area contributed by atoms with E-state index in [9.17, 15) is 9.18 Å². The predicted molar refractivity (Wildman–Crippen MR) is 104 cm³/mol. The Hall–Kier alpha value is -3.40. The molecule has 1 aromatic heterocycles. The molecule has 1 heterocycles. The summed E-state index contributed by atoms with van der Waals surface area (Å²) in [6.45, 7) is 0.317. The van der Waals surface area contributed by atoms with Crippen molar-refractivity contribution in [1.29, 1.82) is 0 Å². The summed E-state index contributed by atoms with van der Waals surface area (Å²) in [4.78, 5) is 12.8. The second kappa shape index (κ2) is 7.46. The molecule has 4 heteroatoms. The number of ketones is 1. The Bertz CT molecular complexity index is 1090. The molecule has 0 saturated carbocycles. The third-order valence-corrected chi connectivity index (χ3v) is 4.50. The van der Waals surface area contributed by atoms with E-state index in [0.717, 1.165) is 10.9 Å². The zero-order valence-corrected chi connectivity index (χ0v) is 14.6. The number of aromatic nitrogens is 1. The highest BCUT2D eigenvalue weighted by atomic mass is 19.1. The van der Waals surface area contributed by atoms with Crippen LogP contribution in [0.2, 0.25) is 0 Å². The summed E-state index contributed by atoms with van der Waals surface area (Å²) in [6, 6.07) is 23.6. The summed E-state index contributed by atoms with van der Waals surface area (Å²) < 4.78 is 21.6. The number of carbonyl (C=O) groups excluding carboxylic acids is 1. The maximum absolute atomic E-state index is 14.0. The second-order valence-electron chi connectivity index (χ2n) is 6.30. The maximum atomic E-state index is 14.0. The number of para-hydroxylation sites is 2. The lowest BCUT2D eigenvalue weighted by Gasteiger charge is -2.06. The number of benzene rings is 3. The number of ether oxygens (including phenoxy) is 1. The summed E-state index contributed by atoms with van der Waals surface area (Å²) in [5.41, 5.74) is 2.06. The Morgan fingerprint density at radius 3 is 2.41 bits per heavy atom. The Morgan fingerprint density at radius 2 is 1.59 bits per heavy atom. The third kappa shape index (κ3) is 3.60. The third-order valence-electron chi connectivity index (χ3n) is 4.50. The first kappa shape index (κ1) is 17.0. The molecule has 0 aliphatic carbocycles. The zero-order chi connectivity index (χ0) is 18.6. The largest absolute Gasteiger partial charge is 0.485 e. The van der Waals surface area contributed by atoms with E-state index >= 15 is 0 Å². The minimum atomic E-state index is -0.254. The van der Waals surface area contributed by atoms with E-state index in [0.29, 0.717) is 23.4 Å². The molecule has 4 rings (SSSR count). The molecule has 0 spiro atoms. The average Bonchev–Trinajstić information content (AvgIpc) is 3.07. The number of Topliss-reactive ketones (excluding diaryl/α,β-unsaturated/α-hetero) is 1. The van der Waals surface area contributed by atoms with E-state index in [4.69, 9.17) is 4.74 Å². The summed E-state index contributed by atoms with van der Waals surface area (Å²) >= 11 is 0. The Labute approximate surface area is 156 Å².